The largest absolute Gasteiger partial charge is 0.327 e. The van der Waals surface area contributed by atoms with Gasteiger partial charge in [-0.15, -0.1) is 0 Å². The molecule has 2 atom stereocenters. The van der Waals surface area contributed by atoms with Gasteiger partial charge >= 0.3 is 0 Å². The highest BCUT2D eigenvalue weighted by Crippen LogP contribution is 2.42. The fourth-order valence-electron chi connectivity index (χ4n) is 2.67. The van der Waals surface area contributed by atoms with Crippen LogP contribution in [0.5, 0.6) is 0 Å². The molecule has 4 aliphatic rings. The summed E-state index contributed by atoms with van der Waals surface area (Å²) in [7, 11) is -2.94. The second-order valence-corrected chi connectivity index (χ2v) is 7.11. The van der Waals surface area contributed by atoms with E-state index in [4.69, 9.17) is 5.73 Å². The van der Waals surface area contributed by atoms with Crippen LogP contribution in [-0.4, -0.2) is 37.1 Å². The lowest BCUT2D eigenvalue weighted by Crippen LogP contribution is -2.63. The molecular weight excluding hydrogens is 200 g/mol. The van der Waals surface area contributed by atoms with Crippen LogP contribution in [0.2, 0.25) is 0 Å². The normalized spacial score (nSPS) is 43.4. The lowest BCUT2D eigenvalue weighted by molar-refractivity contribution is 0.0456. The number of nitrogens with zero attached hydrogens (tertiary/aromatic N) is 1. The molecule has 0 spiro atoms. The topological polar surface area (TPSA) is 63.4 Å². The number of piperidine rings is 2. The maximum atomic E-state index is 11.9. The molecule has 0 radical (unpaired) electrons. The average molecular weight is 216 g/mol. The number of rotatable bonds is 2. The standard InChI is InChI=1S/C9H16N2O2S/c10-9-6-3-7(9)5-11(4-6)14(12,13)8-1-2-8/h6-9H,1-5,10H2. The Kier molecular flexibility index (Phi) is 1.77. The van der Waals surface area contributed by atoms with Gasteiger partial charge in [0, 0.05) is 19.1 Å². The van der Waals surface area contributed by atoms with Crippen LogP contribution in [0.25, 0.3) is 0 Å². The first-order chi connectivity index (χ1) is 6.59. The Morgan fingerprint density at radius 3 is 2.14 bits per heavy atom. The summed E-state index contributed by atoms with van der Waals surface area (Å²) < 4.78 is 25.5. The van der Waals surface area contributed by atoms with E-state index < -0.39 is 10.0 Å². The van der Waals surface area contributed by atoms with Crippen LogP contribution in [0, 0.1) is 11.8 Å². The minimum Gasteiger partial charge on any atom is -0.327 e. The molecule has 2 unspecified atom stereocenters. The third kappa shape index (κ3) is 1.15. The number of nitrogens with two attached hydrogens (primary N) is 1. The number of sulfonamides is 1. The van der Waals surface area contributed by atoms with E-state index in [1.54, 1.807) is 4.31 Å². The Labute approximate surface area is 84.5 Å². The Bertz CT molecular complexity index is 338. The van der Waals surface area contributed by atoms with Gasteiger partial charge in [-0.2, -0.15) is 0 Å². The second kappa shape index (κ2) is 2.71. The molecule has 2 N–H and O–H groups in total. The minimum atomic E-state index is -2.94. The molecule has 2 saturated heterocycles. The Balaban J connectivity index is 1.76. The van der Waals surface area contributed by atoms with Crippen molar-refractivity contribution in [2.45, 2.75) is 30.6 Å². The van der Waals surface area contributed by atoms with Gasteiger partial charge in [0.2, 0.25) is 10.0 Å². The van der Waals surface area contributed by atoms with Crippen molar-refractivity contribution in [3.63, 3.8) is 0 Å². The zero-order chi connectivity index (χ0) is 9.92. The van der Waals surface area contributed by atoms with E-state index >= 15 is 0 Å². The summed E-state index contributed by atoms with van der Waals surface area (Å²) in [5, 5.41) is -0.0591. The van der Waals surface area contributed by atoms with E-state index in [0.717, 1.165) is 19.3 Å². The van der Waals surface area contributed by atoms with Crippen LogP contribution in [0.4, 0.5) is 0 Å². The van der Waals surface area contributed by atoms with Gasteiger partial charge in [0.15, 0.2) is 0 Å². The van der Waals surface area contributed by atoms with E-state index in [9.17, 15) is 8.42 Å². The summed E-state index contributed by atoms with van der Waals surface area (Å²) in [5.41, 5.74) is 5.90. The summed E-state index contributed by atoms with van der Waals surface area (Å²) in [6.07, 6.45) is 2.86. The number of fused-ring (bicyclic) bond motifs is 2. The fraction of sp³-hybridized carbons (Fsp3) is 1.00. The van der Waals surface area contributed by atoms with Crippen molar-refractivity contribution < 1.29 is 8.42 Å². The molecule has 2 heterocycles. The van der Waals surface area contributed by atoms with Crippen molar-refractivity contribution in [2.75, 3.05) is 13.1 Å². The highest BCUT2D eigenvalue weighted by atomic mass is 32.2. The molecule has 2 aliphatic carbocycles. The molecule has 80 valence electrons. The molecule has 0 aromatic rings. The molecule has 4 nitrogen and oxygen atoms in total. The van der Waals surface area contributed by atoms with Gasteiger partial charge in [0.1, 0.15) is 0 Å². The van der Waals surface area contributed by atoms with Gasteiger partial charge in [-0.1, -0.05) is 0 Å². The molecular formula is C9H16N2O2S. The smallest absolute Gasteiger partial charge is 0.217 e. The lowest BCUT2D eigenvalue weighted by Gasteiger charge is -2.51. The van der Waals surface area contributed by atoms with Crippen molar-refractivity contribution in [3.05, 3.63) is 0 Å². The van der Waals surface area contributed by atoms with Crippen molar-refractivity contribution in [1.29, 1.82) is 0 Å². The molecule has 2 saturated carbocycles. The van der Waals surface area contributed by atoms with Gasteiger partial charge in [-0.05, 0) is 31.1 Å². The molecule has 2 bridgehead atoms. The summed E-state index contributed by atoms with van der Waals surface area (Å²) >= 11 is 0. The van der Waals surface area contributed by atoms with E-state index in [1.165, 1.54) is 0 Å². The quantitative estimate of drug-likeness (QED) is 0.693. The molecule has 0 aromatic heterocycles. The minimum absolute atomic E-state index is 0.0591. The zero-order valence-corrected chi connectivity index (χ0v) is 8.91. The first-order valence-electron chi connectivity index (χ1n) is 5.33. The van der Waals surface area contributed by atoms with Crippen LogP contribution >= 0.6 is 0 Å². The number of hydrogen-bond donors (Lipinski definition) is 1. The summed E-state index contributed by atoms with van der Waals surface area (Å²) in [4.78, 5) is 0. The molecule has 5 heteroatoms. The van der Waals surface area contributed by atoms with E-state index in [2.05, 4.69) is 0 Å². The van der Waals surface area contributed by atoms with E-state index in [1.807, 2.05) is 0 Å². The second-order valence-electron chi connectivity index (χ2n) is 4.89. The van der Waals surface area contributed by atoms with Crippen molar-refractivity contribution in [1.82, 2.24) is 4.31 Å². The highest BCUT2D eigenvalue weighted by molar-refractivity contribution is 7.90. The Hall–Kier alpha value is -0.130. The Morgan fingerprint density at radius 2 is 1.71 bits per heavy atom. The summed E-state index contributed by atoms with van der Waals surface area (Å²) in [6, 6.07) is 0.264. The first-order valence-corrected chi connectivity index (χ1v) is 6.84. The maximum absolute atomic E-state index is 11.9. The third-order valence-corrected chi connectivity index (χ3v) is 6.21. The summed E-state index contributed by atoms with van der Waals surface area (Å²) in [6.45, 7) is 1.35. The average Bonchev–Trinajstić information content (AvgIpc) is 3.00. The van der Waals surface area contributed by atoms with Gasteiger partial charge in [0.05, 0.1) is 5.25 Å². The summed E-state index contributed by atoms with van der Waals surface area (Å²) in [5.74, 6) is 0.865. The maximum Gasteiger partial charge on any atom is 0.217 e. The van der Waals surface area contributed by atoms with Crippen LogP contribution in [-0.2, 0) is 10.0 Å². The monoisotopic (exact) mass is 216 g/mol. The van der Waals surface area contributed by atoms with Crippen molar-refractivity contribution in [2.24, 2.45) is 17.6 Å². The number of hydrogen-bond acceptors (Lipinski definition) is 3. The molecule has 2 aliphatic heterocycles. The SMILES string of the molecule is NC1C2CC1CN(S(=O)(=O)C1CC1)C2. The van der Waals surface area contributed by atoms with Crippen LogP contribution < -0.4 is 5.73 Å². The Morgan fingerprint density at radius 1 is 1.14 bits per heavy atom. The van der Waals surface area contributed by atoms with E-state index in [0.29, 0.717) is 24.9 Å². The van der Waals surface area contributed by atoms with Crippen molar-refractivity contribution in [3.8, 4) is 0 Å². The zero-order valence-electron chi connectivity index (χ0n) is 8.09. The molecule has 0 aromatic carbocycles. The third-order valence-electron chi connectivity index (χ3n) is 3.88. The van der Waals surface area contributed by atoms with E-state index in [-0.39, 0.29) is 11.3 Å². The highest BCUT2D eigenvalue weighted by Gasteiger charge is 2.50. The first kappa shape index (κ1) is 9.12. The van der Waals surface area contributed by atoms with Crippen LogP contribution in [0.1, 0.15) is 19.3 Å². The lowest BCUT2D eigenvalue weighted by atomic mass is 9.67. The van der Waals surface area contributed by atoms with Gasteiger partial charge in [-0.25, -0.2) is 12.7 Å². The predicted octanol–water partition coefficient (Wildman–Crippen LogP) is -0.242. The van der Waals surface area contributed by atoms with Crippen LogP contribution in [0.3, 0.4) is 0 Å². The van der Waals surface area contributed by atoms with Crippen molar-refractivity contribution >= 4 is 10.0 Å². The molecule has 14 heavy (non-hydrogen) atoms. The fourth-order valence-corrected chi connectivity index (χ4v) is 4.62. The predicted molar refractivity (Wildman–Crippen MR) is 53.1 cm³/mol. The van der Waals surface area contributed by atoms with Gasteiger partial charge in [-0.3, -0.25) is 0 Å². The molecule has 4 rings (SSSR count). The van der Waals surface area contributed by atoms with Gasteiger partial charge in [0.25, 0.3) is 0 Å². The van der Waals surface area contributed by atoms with Crippen LogP contribution in [0.15, 0.2) is 0 Å². The molecule has 4 fully saturated rings. The van der Waals surface area contributed by atoms with Gasteiger partial charge < -0.3 is 5.73 Å². The molecule has 0 amide bonds.